The molecule has 3 aliphatic carbocycles. The van der Waals surface area contributed by atoms with E-state index in [1.54, 1.807) is 0 Å². The highest BCUT2D eigenvalue weighted by atomic mass is 16.5. The lowest BCUT2D eigenvalue weighted by Crippen LogP contribution is -2.21. The van der Waals surface area contributed by atoms with Crippen LogP contribution >= 0.6 is 0 Å². The molecule has 1 unspecified atom stereocenters. The molecule has 3 fully saturated rings. The zero-order chi connectivity index (χ0) is 11.6. The Morgan fingerprint density at radius 3 is 2.12 bits per heavy atom. The number of ether oxygens (including phenoxy) is 1. The number of hydrogen-bond donors (Lipinski definition) is 0. The molecule has 0 aliphatic heterocycles. The van der Waals surface area contributed by atoms with Crippen LogP contribution in [-0.4, -0.2) is 12.7 Å². The van der Waals surface area contributed by atoms with E-state index in [0.717, 1.165) is 23.7 Å². The maximum Gasteiger partial charge on any atom is 0.135 e. The summed E-state index contributed by atoms with van der Waals surface area (Å²) in [6, 6.07) is 0. The van der Waals surface area contributed by atoms with Crippen LogP contribution in [0.5, 0.6) is 0 Å². The van der Waals surface area contributed by atoms with Crippen molar-refractivity contribution in [2.24, 2.45) is 29.1 Å². The Bertz CT molecular complexity index is 349. The Morgan fingerprint density at radius 1 is 1.12 bits per heavy atom. The summed E-state index contributed by atoms with van der Waals surface area (Å²) in [6.07, 6.45) is 4.31. The van der Waals surface area contributed by atoms with E-state index < -0.39 is 0 Å². The van der Waals surface area contributed by atoms with Crippen LogP contribution in [0.15, 0.2) is 0 Å². The molecule has 2 bridgehead atoms. The average Bonchev–Trinajstić information content (AvgIpc) is 2.56. The predicted molar refractivity (Wildman–Crippen MR) is 64.8 cm³/mol. The maximum absolute atomic E-state index is 5.82. The van der Waals surface area contributed by atoms with Gasteiger partial charge in [0.15, 0.2) is 0 Å². The van der Waals surface area contributed by atoms with E-state index in [4.69, 9.17) is 4.74 Å². The fourth-order valence-electron chi connectivity index (χ4n) is 4.18. The van der Waals surface area contributed by atoms with Crippen LogP contribution < -0.4 is 0 Å². The van der Waals surface area contributed by atoms with Crippen molar-refractivity contribution in [3.63, 3.8) is 0 Å². The molecule has 3 aliphatic rings. The monoisotopic (exact) mass is 218 g/mol. The van der Waals surface area contributed by atoms with Gasteiger partial charge in [-0.1, -0.05) is 11.8 Å². The van der Waals surface area contributed by atoms with E-state index in [1.807, 2.05) is 7.11 Å². The molecule has 0 radical (unpaired) electrons. The van der Waals surface area contributed by atoms with Crippen LogP contribution in [-0.2, 0) is 4.74 Å². The van der Waals surface area contributed by atoms with E-state index in [2.05, 4.69) is 32.6 Å². The lowest BCUT2D eigenvalue weighted by atomic mass is 9.95. The first-order valence-corrected chi connectivity index (χ1v) is 6.57. The lowest BCUT2D eigenvalue weighted by Gasteiger charge is -2.17. The third-order valence-electron chi connectivity index (χ3n) is 4.77. The molecule has 0 aromatic heterocycles. The molecule has 0 saturated heterocycles. The molecular weight excluding hydrogens is 196 g/mol. The fraction of sp³-hybridized carbons (Fsp3) is 0.867. The van der Waals surface area contributed by atoms with Gasteiger partial charge in [0.2, 0.25) is 0 Å². The quantitative estimate of drug-likeness (QED) is 0.615. The van der Waals surface area contributed by atoms with Crippen molar-refractivity contribution in [1.29, 1.82) is 0 Å². The molecule has 5 atom stereocenters. The molecule has 0 spiro atoms. The Hall–Kier alpha value is -0.480. The van der Waals surface area contributed by atoms with Gasteiger partial charge >= 0.3 is 0 Å². The standard InChI is InChI=1S/C15H22O/c1-14(2,3)7-8-15(16-4)12-10-5-6-11(9-10)13(12)15/h10-13H,5-6,9H2,1-4H3/t10-,11+,12+,13-,15?. The lowest BCUT2D eigenvalue weighted by molar-refractivity contribution is 0.0828. The predicted octanol–water partition coefficient (Wildman–Crippen LogP) is 3.10. The van der Waals surface area contributed by atoms with Crippen LogP contribution in [0.3, 0.4) is 0 Å². The third kappa shape index (κ3) is 1.29. The smallest absolute Gasteiger partial charge is 0.135 e. The second-order valence-corrected chi connectivity index (χ2v) is 6.88. The Morgan fingerprint density at radius 2 is 1.69 bits per heavy atom. The zero-order valence-corrected chi connectivity index (χ0v) is 10.8. The highest BCUT2D eigenvalue weighted by Crippen LogP contribution is 2.72. The van der Waals surface area contributed by atoms with Crippen LogP contribution in [0.25, 0.3) is 0 Å². The first-order chi connectivity index (χ1) is 7.48. The van der Waals surface area contributed by atoms with Gasteiger partial charge in [-0.2, -0.15) is 0 Å². The Labute approximate surface area is 98.9 Å². The third-order valence-corrected chi connectivity index (χ3v) is 4.77. The van der Waals surface area contributed by atoms with Crippen molar-refractivity contribution < 1.29 is 4.74 Å². The van der Waals surface area contributed by atoms with E-state index in [-0.39, 0.29) is 11.0 Å². The first kappa shape index (κ1) is 10.7. The molecule has 88 valence electrons. The molecule has 0 aromatic carbocycles. The van der Waals surface area contributed by atoms with Gasteiger partial charge in [0.05, 0.1) is 0 Å². The summed E-state index contributed by atoms with van der Waals surface area (Å²) >= 11 is 0. The number of rotatable bonds is 1. The van der Waals surface area contributed by atoms with Gasteiger partial charge in [-0.05, 0) is 51.9 Å². The van der Waals surface area contributed by atoms with Crippen molar-refractivity contribution in [1.82, 2.24) is 0 Å². The fourth-order valence-corrected chi connectivity index (χ4v) is 4.18. The topological polar surface area (TPSA) is 9.23 Å². The minimum Gasteiger partial charge on any atom is -0.365 e. The molecule has 0 amide bonds. The molecule has 0 N–H and O–H groups in total. The van der Waals surface area contributed by atoms with Crippen molar-refractivity contribution >= 4 is 0 Å². The number of hydrogen-bond acceptors (Lipinski definition) is 1. The summed E-state index contributed by atoms with van der Waals surface area (Å²) in [4.78, 5) is 0. The van der Waals surface area contributed by atoms with E-state index in [9.17, 15) is 0 Å². The minimum atomic E-state index is -0.0443. The average molecular weight is 218 g/mol. The normalized spacial score (nSPS) is 48.5. The second kappa shape index (κ2) is 3.05. The molecule has 0 heterocycles. The van der Waals surface area contributed by atoms with Crippen LogP contribution in [0, 0.1) is 40.9 Å². The van der Waals surface area contributed by atoms with Crippen LogP contribution in [0.4, 0.5) is 0 Å². The van der Waals surface area contributed by atoms with Crippen LogP contribution in [0.2, 0.25) is 0 Å². The number of fused-ring (bicyclic) bond motifs is 5. The van der Waals surface area contributed by atoms with E-state index >= 15 is 0 Å². The molecule has 0 aromatic rings. The highest BCUT2D eigenvalue weighted by Gasteiger charge is 2.75. The van der Waals surface area contributed by atoms with Crippen molar-refractivity contribution in [2.75, 3.05) is 7.11 Å². The van der Waals surface area contributed by atoms with Gasteiger partial charge in [0.1, 0.15) is 5.60 Å². The summed E-state index contributed by atoms with van der Waals surface area (Å²) in [5.74, 6) is 10.3. The summed E-state index contributed by atoms with van der Waals surface area (Å²) < 4.78 is 5.82. The molecule has 1 heteroatoms. The second-order valence-electron chi connectivity index (χ2n) is 6.88. The zero-order valence-electron chi connectivity index (χ0n) is 10.8. The van der Waals surface area contributed by atoms with Crippen molar-refractivity contribution in [3.8, 4) is 11.8 Å². The van der Waals surface area contributed by atoms with Crippen LogP contribution in [0.1, 0.15) is 40.0 Å². The first-order valence-electron chi connectivity index (χ1n) is 6.57. The Balaban J connectivity index is 1.85. The van der Waals surface area contributed by atoms with E-state index in [0.29, 0.717) is 0 Å². The van der Waals surface area contributed by atoms with E-state index in [1.165, 1.54) is 19.3 Å². The van der Waals surface area contributed by atoms with Gasteiger partial charge in [-0.15, -0.1) is 0 Å². The molecule has 3 rings (SSSR count). The molecule has 1 nitrogen and oxygen atoms in total. The summed E-state index contributed by atoms with van der Waals surface area (Å²) in [5.41, 5.74) is 0.0544. The van der Waals surface area contributed by atoms with Gasteiger partial charge in [-0.25, -0.2) is 0 Å². The molecule has 3 saturated carbocycles. The largest absolute Gasteiger partial charge is 0.365 e. The van der Waals surface area contributed by atoms with Crippen molar-refractivity contribution in [3.05, 3.63) is 0 Å². The van der Waals surface area contributed by atoms with Gasteiger partial charge in [0.25, 0.3) is 0 Å². The summed E-state index contributed by atoms with van der Waals surface area (Å²) in [6.45, 7) is 6.53. The van der Waals surface area contributed by atoms with Crippen molar-refractivity contribution in [2.45, 2.75) is 45.6 Å². The number of methoxy groups -OCH3 is 1. The van der Waals surface area contributed by atoms with Gasteiger partial charge < -0.3 is 4.74 Å². The van der Waals surface area contributed by atoms with Gasteiger partial charge in [0, 0.05) is 24.4 Å². The summed E-state index contributed by atoms with van der Waals surface area (Å²) in [5, 5.41) is 0. The minimum absolute atomic E-state index is 0.0443. The maximum atomic E-state index is 5.82. The highest BCUT2D eigenvalue weighted by molar-refractivity contribution is 5.37. The SMILES string of the molecule is COC1(C#CC(C)(C)C)[C@@H]2[C@H]3CC[C@H](C3)[C@@H]21. The Kier molecular flexibility index (Phi) is 2.03. The molecular formula is C15H22O. The summed E-state index contributed by atoms with van der Waals surface area (Å²) in [7, 11) is 1.86. The molecule has 16 heavy (non-hydrogen) atoms. The van der Waals surface area contributed by atoms with Gasteiger partial charge in [-0.3, -0.25) is 0 Å².